The summed E-state index contributed by atoms with van der Waals surface area (Å²) >= 11 is 0. The highest BCUT2D eigenvalue weighted by Crippen LogP contribution is 2.16. The van der Waals surface area contributed by atoms with Crippen molar-refractivity contribution in [2.24, 2.45) is 0 Å². The first-order valence-corrected chi connectivity index (χ1v) is 8.58. The first-order chi connectivity index (χ1) is 12.0. The summed E-state index contributed by atoms with van der Waals surface area (Å²) in [5, 5.41) is 5.35. The van der Waals surface area contributed by atoms with E-state index >= 15 is 0 Å². The number of hydrogen-bond donors (Lipinski definition) is 2. The van der Waals surface area contributed by atoms with Crippen LogP contribution in [0, 0.1) is 13.8 Å². The minimum Gasteiger partial charge on any atom is -0.484 e. The summed E-state index contributed by atoms with van der Waals surface area (Å²) in [7, 11) is 0. The molecule has 1 fully saturated rings. The van der Waals surface area contributed by atoms with Crippen molar-refractivity contribution in [1.29, 1.82) is 0 Å². The maximum atomic E-state index is 11.8. The lowest BCUT2D eigenvalue weighted by Crippen LogP contribution is -2.44. The van der Waals surface area contributed by atoms with Crippen molar-refractivity contribution in [3.63, 3.8) is 0 Å². The summed E-state index contributed by atoms with van der Waals surface area (Å²) in [5.41, 5.74) is 2.28. The van der Waals surface area contributed by atoms with E-state index < -0.39 is 0 Å². The first kappa shape index (κ1) is 19.2. The molecule has 1 aromatic rings. The van der Waals surface area contributed by atoms with Gasteiger partial charge in [-0.1, -0.05) is 6.07 Å². The van der Waals surface area contributed by atoms with Crippen molar-refractivity contribution in [2.75, 3.05) is 52.5 Å². The van der Waals surface area contributed by atoms with Crippen LogP contribution in [0.1, 0.15) is 11.1 Å². The van der Waals surface area contributed by atoms with E-state index in [4.69, 9.17) is 9.47 Å². The Bertz CT molecular complexity index is 586. The number of carbonyl (C=O) groups is 2. The zero-order valence-corrected chi connectivity index (χ0v) is 15.0. The summed E-state index contributed by atoms with van der Waals surface area (Å²) in [6, 6.07) is 5.67. The smallest absolute Gasteiger partial charge is 0.258 e. The Hall–Kier alpha value is -2.12. The molecule has 7 heteroatoms. The summed E-state index contributed by atoms with van der Waals surface area (Å²) < 4.78 is 10.7. The minimum absolute atomic E-state index is 0.0434. The second-order valence-electron chi connectivity index (χ2n) is 6.12. The second kappa shape index (κ2) is 10.0. The van der Waals surface area contributed by atoms with Crippen molar-refractivity contribution in [2.45, 2.75) is 13.8 Å². The third-order valence-electron chi connectivity index (χ3n) is 4.15. The predicted octanol–water partition coefficient (Wildman–Crippen LogP) is 0.247. The standard InChI is InChI=1S/C18H27N3O4/c1-14-3-4-16(11-15(14)2)25-13-18(23)20-12-17(22)19-5-6-21-7-9-24-10-8-21/h3-4,11H,5-10,12-13H2,1-2H3,(H,19,22)(H,20,23). The van der Waals surface area contributed by atoms with E-state index in [0.29, 0.717) is 12.3 Å². The molecule has 1 heterocycles. The van der Waals surface area contributed by atoms with E-state index in [0.717, 1.165) is 38.4 Å². The van der Waals surface area contributed by atoms with Crippen LogP contribution in [0.2, 0.25) is 0 Å². The summed E-state index contributed by atoms with van der Waals surface area (Å²) in [6.45, 7) is 8.47. The second-order valence-corrected chi connectivity index (χ2v) is 6.12. The Kier molecular flexibility index (Phi) is 7.69. The third kappa shape index (κ3) is 7.11. The van der Waals surface area contributed by atoms with Gasteiger partial charge in [0.25, 0.3) is 5.91 Å². The molecule has 0 unspecified atom stereocenters. The molecule has 25 heavy (non-hydrogen) atoms. The predicted molar refractivity (Wildman–Crippen MR) is 94.7 cm³/mol. The quantitative estimate of drug-likeness (QED) is 0.703. The van der Waals surface area contributed by atoms with Gasteiger partial charge >= 0.3 is 0 Å². The highest BCUT2D eigenvalue weighted by atomic mass is 16.5. The molecule has 0 aliphatic carbocycles. The van der Waals surface area contributed by atoms with Crippen molar-refractivity contribution in [3.05, 3.63) is 29.3 Å². The van der Waals surface area contributed by atoms with Crippen LogP contribution in [-0.4, -0.2) is 69.3 Å². The molecule has 0 radical (unpaired) electrons. The molecule has 0 spiro atoms. The molecule has 2 amide bonds. The number of aryl methyl sites for hydroxylation is 2. The number of ether oxygens (including phenoxy) is 2. The highest BCUT2D eigenvalue weighted by Gasteiger charge is 2.11. The van der Waals surface area contributed by atoms with Gasteiger partial charge in [-0.3, -0.25) is 14.5 Å². The number of hydrogen-bond acceptors (Lipinski definition) is 5. The lowest BCUT2D eigenvalue weighted by molar-refractivity contribution is -0.127. The normalized spacial score (nSPS) is 14.8. The molecule has 0 bridgehead atoms. The molecule has 1 aliphatic rings. The van der Waals surface area contributed by atoms with Gasteiger partial charge in [0, 0.05) is 26.2 Å². The van der Waals surface area contributed by atoms with E-state index in [-0.39, 0.29) is 25.0 Å². The van der Waals surface area contributed by atoms with Crippen LogP contribution in [0.3, 0.4) is 0 Å². The third-order valence-corrected chi connectivity index (χ3v) is 4.15. The van der Waals surface area contributed by atoms with E-state index in [1.807, 2.05) is 32.0 Å². The topological polar surface area (TPSA) is 79.9 Å². The number of nitrogens with zero attached hydrogens (tertiary/aromatic N) is 1. The zero-order valence-electron chi connectivity index (χ0n) is 15.0. The van der Waals surface area contributed by atoms with Crippen molar-refractivity contribution < 1.29 is 19.1 Å². The van der Waals surface area contributed by atoms with Crippen LogP contribution in [0.5, 0.6) is 5.75 Å². The highest BCUT2D eigenvalue weighted by molar-refractivity contribution is 5.85. The van der Waals surface area contributed by atoms with Crippen molar-refractivity contribution >= 4 is 11.8 Å². The molecule has 1 aliphatic heterocycles. The van der Waals surface area contributed by atoms with Crippen molar-refractivity contribution in [1.82, 2.24) is 15.5 Å². The molecule has 7 nitrogen and oxygen atoms in total. The number of morpholine rings is 1. The number of rotatable bonds is 8. The maximum absolute atomic E-state index is 11.8. The van der Waals surface area contributed by atoms with Gasteiger partial charge in [0.1, 0.15) is 5.75 Å². The molecule has 1 aromatic carbocycles. The summed E-state index contributed by atoms with van der Waals surface area (Å²) in [6.07, 6.45) is 0. The van der Waals surface area contributed by atoms with Crippen LogP contribution in [0.15, 0.2) is 18.2 Å². The Morgan fingerprint density at radius 2 is 1.88 bits per heavy atom. The average molecular weight is 349 g/mol. The van der Waals surface area contributed by atoms with Crippen LogP contribution in [-0.2, 0) is 14.3 Å². The van der Waals surface area contributed by atoms with Crippen LogP contribution in [0.4, 0.5) is 0 Å². The Labute approximate surface area is 148 Å². The maximum Gasteiger partial charge on any atom is 0.258 e. The minimum atomic E-state index is -0.318. The Morgan fingerprint density at radius 1 is 1.12 bits per heavy atom. The molecule has 0 aromatic heterocycles. The zero-order chi connectivity index (χ0) is 18.1. The summed E-state index contributed by atoms with van der Waals surface area (Å²) in [5.74, 6) is 0.127. The molecule has 1 saturated heterocycles. The Morgan fingerprint density at radius 3 is 2.60 bits per heavy atom. The number of amides is 2. The van der Waals surface area contributed by atoms with Gasteiger partial charge in [0.05, 0.1) is 19.8 Å². The fraction of sp³-hybridized carbons (Fsp3) is 0.556. The van der Waals surface area contributed by atoms with Gasteiger partial charge in [0.15, 0.2) is 6.61 Å². The van der Waals surface area contributed by atoms with Gasteiger partial charge in [-0.2, -0.15) is 0 Å². The largest absolute Gasteiger partial charge is 0.484 e. The lowest BCUT2D eigenvalue weighted by Gasteiger charge is -2.26. The van der Waals surface area contributed by atoms with Crippen molar-refractivity contribution in [3.8, 4) is 5.75 Å². The lowest BCUT2D eigenvalue weighted by atomic mass is 10.1. The van der Waals surface area contributed by atoms with Gasteiger partial charge < -0.3 is 20.1 Å². The van der Waals surface area contributed by atoms with Gasteiger partial charge in [-0.05, 0) is 37.1 Å². The number of nitrogens with one attached hydrogen (secondary N) is 2. The van der Waals surface area contributed by atoms with E-state index in [1.54, 1.807) is 0 Å². The molecular weight excluding hydrogens is 322 g/mol. The molecule has 0 atom stereocenters. The monoisotopic (exact) mass is 349 g/mol. The van der Waals surface area contributed by atoms with Crippen LogP contribution in [0.25, 0.3) is 0 Å². The Balaban J connectivity index is 1.57. The molecule has 0 saturated carbocycles. The number of benzene rings is 1. The van der Waals surface area contributed by atoms with E-state index in [2.05, 4.69) is 15.5 Å². The summed E-state index contributed by atoms with van der Waals surface area (Å²) in [4.78, 5) is 25.7. The van der Waals surface area contributed by atoms with Gasteiger partial charge in [-0.15, -0.1) is 0 Å². The molecule has 2 N–H and O–H groups in total. The first-order valence-electron chi connectivity index (χ1n) is 8.58. The van der Waals surface area contributed by atoms with Gasteiger partial charge in [0.2, 0.25) is 5.91 Å². The molecular formula is C18H27N3O4. The molecule has 138 valence electrons. The van der Waals surface area contributed by atoms with Gasteiger partial charge in [-0.25, -0.2) is 0 Å². The van der Waals surface area contributed by atoms with Crippen LogP contribution < -0.4 is 15.4 Å². The molecule has 2 rings (SSSR count). The van der Waals surface area contributed by atoms with E-state index in [9.17, 15) is 9.59 Å². The fourth-order valence-electron chi connectivity index (χ4n) is 2.42. The van der Waals surface area contributed by atoms with Crippen LogP contribution >= 0.6 is 0 Å². The number of carbonyl (C=O) groups excluding carboxylic acids is 2. The average Bonchev–Trinajstić information content (AvgIpc) is 2.62. The fourth-order valence-corrected chi connectivity index (χ4v) is 2.42. The van der Waals surface area contributed by atoms with E-state index in [1.165, 1.54) is 5.56 Å². The SMILES string of the molecule is Cc1ccc(OCC(=O)NCC(=O)NCCN2CCOCC2)cc1C.